The van der Waals surface area contributed by atoms with Crippen LogP contribution in [0.25, 0.3) is 10.9 Å². The number of fused-ring (bicyclic) bond motifs is 1. The number of para-hydroxylation sites is 1. The maximum atomic E-state index is 15.3. The number of benzene rings is 3. The summed E-state index contributed by atoms with van der Waals surface area (Å²) < 4.78 is 0. The minimum Gasteiger partial charge on any atom is -0.508 e. The molecule has 0 saturated carbocycles. The highest BCUT2D eigenvalue weighted by Gasteiger charge is 2.38. The van der Waals surface area contributed by atoms with Crippen LogP contribution in [0.5, 0.6) is 5.75 Å². The summed E-state index contributed by atoms with van der Waals surface area (Å²) in [5.74, 6) is -14.0. The third kappa shape index (κ3) is 27.8. The number of carboxylic acids is 4. The van der Waals surface area contributed by atoms with Crippen molar-refractivity contribution in [1.82, 2.24) is 67.1 Å². The number of amides is 8. The molecular weight excluding hydrogens is 1360 g/mol. The largest absolute Gasteiger partial charge is 0.508 e. The van der Waals surface area contributed by atoms with Crippen LogP contribution < -0.4 is 48.3 Å². The lowest BCUT2D eigenvalue weighted by Gasteiger charge is -2.33. The number of nitrogens with two attached hydrogens (primary N) is 1. The lowest BCUT2D eigenvalue weighted by molar-refractivity contribution is -0.145. The lowest BCUT2D eigenvalue weighted by Crippen LogP contribution is -2.62. The number of carbonyl (C=O) groups excluding carboxylic acids is 8. The van der Waals surface area contributed by atoms with Gasteiger partial charge in [0.2, 0.25) is 47.3 Å². The van der Waals surface area contributed by atoms with E-state index in [-0.39, 0.29) is 111 Å². The SMILES string of the molecule is C.CC(O)C(NC(=O)C1CSSCC(NC(=O)C(Cc2ccccc2)NC(=O)CN2CCN(CC(=O)O)CCN(CC(=O)O)CCN(CC(=O)O)CC2)C(=O)NC(Cc2ccc(O)cc2)C(=O)NC(Cc2c[nH]c3ccccc23)C(=O)NC(CCCCN)C(=O)NC(C(C)O)C(=O)N1)C(=O)O. The second kappa shape index (κ2) is 41.7. The summed E-state index contributed by atoms with van der Waals surface area (Å²) >= 11 is 0. The van der Waals surface area contributed by atoms with Crippen LogP contribution in [0.4, 0.5) is 0 Å². The number of carboxylic acid groups (broad SMARTS) is 4. The van der Waals surface area contributed by atoms with E-state index < -0.39 is 163 Å². The normalized spacial score (nSPS) is 21.7. The molecular formula is C66H94N14O19S2. The highest BCUT2D eigenvalue weighted by Crippen LogP contribution is 2.25. The summed E-state index contributed by atoms with van der Waals surface area (Å²) in [4.78, 5) is 176. The fraction of sp³-hybridized carbons (Fsp3) is 0.515. The number of aliphatic hydroxyl groups is 2. The molecule has 0 radical (unpaired) electrons. The molecule has 2 aliphatic heterocycles. The van der Waals surface area contributed by atoms with Gasteiger partial charge in [-0.15, -0.1) is 0 Å². The van der Waals surface area contributed by atoms with E-state index in [9.17, 15) is 78.9 Å². The molecule has 3 aromatic carbocycles. The highest BCUT2D eigenvalue weighted by molar-refractivity contribution is 8.76. The average molecular weight is 1450 g/mol. The maximum Gasteiger partial charge on any atom is 0.328 e. The lowest BCUT2D eigenvalue weighted by atomic mass is 10.0. The van der Waals surface area contributed by atoms with Gasteiger partial charge in [0.15, 0.2) is 6.04 Å². The summed E-state index contributed by atoms with van der Waals surface area (Å²) in [5.41, 5.74) is 7.96. The number of hydrogen-bond acceptors (Lipinski definition) is 22. The van der Waals surface area contributed by atoms with Crippen molar-refractivity contribution in [3.8, 4) is 5.75 Å². The topological polar surface area (TPSA) is 497 Å². The second-order valence-corrected chi connectivity index (χ2v) is 27.0. The van der Waals surface area contributed by atoms with E-state index in [0.29, 0.717) is 34.0 Å². The maximum absolute atomic E-state index is 15.3. The Balaban J connectivity index is 0.0000184. The molecule has 1 aromatic heterocycles. The Morgan fingerprint density at radius 2 is 1.10 bits per heavy atom. The third-order valence-electron chi connectivity index (χ3n) is 16.6. The summed E-state index contributed by atoms with van der Waals surface area (Å²) in [7, 11) is 1.66. The number of rotatable bonds is 26. The molecule has 0 aliphatic carbocycles. The number of carbonyl (C=O) groups is 12. The van der Waals surface area contributed by atoms with E-state index in [1.807, 2.05) is 0 Å². The van der Waals surface area contributed by atoms with E-state index in [0.717, 1.165) is 35.4 Å². The molecule has 0 spiro atoms. The minimum atomic E-state index is -1.91. The first-order chi connectivity index (χ1) is 47.7. The zero-order valence-electron chi connectivity index (χ0n) is 55.4. The van der Waals surface area contributed by atoms with Gasteiger partial charge in [0, 0.05) is 100 Å². The predicted octanol–water partition coefficient (Wildman–Crippen LogP) is -2.74. The molecule has 2 saturated heterocycles. The Morgan fingerprint density at radius 3 is 1.64 bits per heavy atom. The predicted molar refractivity (Wildman–Crippen MR) is 374 cm³/mol. The van der Waals surface area contributed by atoms with Crippen molar-refractivity contribution in [1.29, 1.82) is 0 Å². The van der Waals surface area contributed by atoms with Crippen LogP contribution in [-0.2, 0) is 76.8 Å². The van der Waals surface area contributed by atoms with Crippen LogP contribution in [0.15, 0.2) is 85.1 Å². The van der Waals surface area contributed by atoms with Crippen molar-refractivity contribution in [2.24, 2.45) is 5.73 Å². The Labute approximate surface area is 591 Å². The van der Waals surface area contributed by atoms with Gasteiger partial charge >= 0.3 is 23.9 Å². The number of aliphatic carboxylic acids is 4. The molecule has 8 amide bonds. The Hall–Kier alpha value is -8.94. The first-order valence-corrected chi connectivity index (χ1v) is 35.0. The molecule has 10 unspecified atom stereocenters. The fourth-order valence-electron chi connectivity index (χ4n) is 11.1. The molecule has 0 bridgehead atoms. The fourth-order valence-corrected chi connectivity index (χ4v) is 13.4. The molecule has 4 aromatic rings. The Bertz CT molecular complexity index is 3410. The second-order valence-electron chi connectivity index (χ2n) is 24.5. The molecule has 2 fully saturated rings. The number of aromatic hydroxyl groups is 1. The van der Waals surface area contributed by atoms with Crippen molar-refractivity contribution in [2.45, 2.75) is 120 Å². The van der Waals surface area contributed by atoms with Crippen LogP contribution >= 0.6 is 21.6 Å². The summed E-state index contributed by atoms with van der Waals surface area (Å²) in [6, 6.07) is 7.92. The van der Waals surface area contributed by atoms with Gasteiger partial charge in [-0.2, -0.15) is 0 Å². The number of phenolic OH excluding ortho intramolecular Hbond substituents is 1. The van der Waals surface area contributed by atoms with Crippen LogP contribution in [0.2, 0.25) is 0 Å². The molecule has 18 N–H and O–H groups in total. The molecule has 35 heteroatoms. The van der Waals surface area contributed by atoms with E-state index in [1.165, 1.54) is 24.3 Å². The number of nitrogens with one attached hydrogen (secondary N) is 9. The summed E-state index contributed by atoms with van der Waals surface area (Å²) in [6.45, 7) is 1.38. The van der Waals surface area contributed by atoms with Gasteiger partial charge in [0.1, 0.15) is 48.0 Å². The number of aliphatic hydroxyl groups excluding tert-OH is 2. The quantitative estimate of drug-likeness (QED) is 0.0224. The third-order valence-corrected chi connectivity index (χ3v) is 19.0. The van der Waals surface area contributed by atoms with Crippen molar-refractivity contribution in [2.75, 3.05) is 96.6 Å². The molecule has 10 atom stereocenters. The van der Waals surface area contributed by atoms with Gasteiger partial charge in [-0.1, -0.05) is 89.7 Å². The first-order valence-electron chi connectivity index (χ1n) is 32.5. The molecule has 554 valence electrons. The van der Waals surface area contributed by atoms with Crippen LogP contribution in [-0.4, -0.2) is 289 Å². The van der Waals surface area contributed by atoms with Crippen molar-refractivity contribution in [3.05, 3.63) is 102 Å². The van der Waals surface area contributed by atoms with Crippen LogP contribution in [0.3, 0.4) is 0 Å². The number of aromatic amines is 1. The van der Waals surface area contributed by atoms with Gasteiger partial charge in [-0.3, -0.25) is 72.3 Å². The van der Waals surface area contributed by atoms with Gasteiger partial charge < -0.3 is 89.0 Å². The Morgan fingerprint density at radius 1 is 0.584 bits per heavy atom. The number of unbranched alkanes of at least 4 members (excludes halogenated alkanes) is 1. The van der Waals surface area contributed by atoms with E-state index in [4.69, 9.17) is 5.73 Å². The number of nitrogens with zero attached hydrogens (tertiary/aromatic N) is 4. The van der Waals surface area contributed by atoms with E-state index in [1.54, 1.807) is 80.4 Å². The van der Waals surface area contributed by atoms with Crippen LogP contribution in [0, 0.1) is 0 Å². The minimum absolute atomic E-state index is 0. The average Bonchev–Trinajstić information content (AvgIpc) is 1.76. The number of H-pyrrole nitrogens is 1. The summed E-state index contributed by atoms with van der Waals surface area (Å²) in [5, 5.41) is 92.4. The van der Waals surface area contributed by atoms with E-state index >= 15 is 14.4 Å². The standard InChI is InChI=1S/C65H90N14O19S2.CH4/c1-38(80)56-64(96)73-51(63(95)75-57(39(2)81)65(97)98)37-100-99-36-50(72-59(91)47(28-40-10-4-3-5-11-40)68-52(83)32-76-20-22-77(33-53(84)85)24-26-79(35-55(88)89)27-25-78(23-21-76)34-54(86)87)62(94)70-48(29-41-15-17-43(82)18-16-41)60(92)71-49(30-42-31-67-45-13-7-6-12-44(42)45)61(93)69-46(58(90)74-56)14-8-9-19-66;/h3-7,10-13,15-18,31,38-39,46-51,56-57,67,80-82H,8-9,14,19-30,32-37,66H2,1-2H3,(H,68,83)(H,69,93)(H,70,94)(H,71,92)(H,72,91)(H,73,96)(H,74,90)(H,75,95)(H,84,85)(H,86,87)(H,88,89)(H,97,98);1H4. The van der Waals surface area contributed by atoms with Crippen LogP contribution in [0.1, 0.15) is 57.2 Å². The Kier molecular flexibility index (Phi) is 34.2. The monoisotopic (exact) mass is 1450 g/mol. The zero-order chi connectivity index (χ0) is 73.0. The van der Waals surface area contributed by atoms with Crippen molar-refractivity contribution in [3.63, 3.8) is 0 Å². The zero-order valence-corrected chi connectivity index (χ0v) is 57.1. The van der Waals surface area contributed by atoms with Crippen molar-refractivity contribution >= 4 is 104 Å². The summed E-state index contributed by atoms with van der Waals surface area (Å²) in [6.07, 6.45) is -1.92. The van der Waals surface area contributed by atoms with Gasteiger partial charge in [-0.05, 0) is 74.5 Å². The molecule has 33 nitrogen and oxygen atoms in total. The number of hydrogen-bond donors (Lipinski definition) is 17. The molecule has 6 rings (SSSR count). The molecule has 101 heavy (non-hydrogen) atoms. The highest BCUT2D eigenvalue weighted by atomic mass is 33.1. The molecule has 2 aliphatic rings. The van der Waals surface area contributed by atoms with Gasteiger partial charge in [0.25, 0.3) is 0 Å². The van der Waals surface area contributed by atoms with Gasteiger partial charge in [0.05, 0.1) is 38.4 Å². The van der Waals surface area contributed by atoms with Crippen molar-refractivity contribution < 1.29 is 93.3 Å². The van der Waals surface area contributed by atoms with E-state index in [2.05, 4.69) is 47.5 Å². The molecule has 3 heterocycles. The van der Waals surface area contributed by atoms with Gasteiger partial charge in [-0.25, -0.2) is 4.79 Å². The number of aromatic nitrogens is 1. The number of phenols is 1. The smallest absolute Gasteiger partial charge is 0.328 e. The first kappa shape index (κ1) is 82.7.